The third-order valence-corrected chi connectivity index (χ3v) is 1.95. The van der Waals surface area contributed by atoms with Crippen LogP contribution in [0.3, 0.4) is 0 Å². The SMILES string of the molecule is Cc1nc(C=O)c(C)s1. The van der Waals surface area contributed by atoms with Crippen molar-refractivity contribution in [2.75, 3.05) is 0 Å². The van der Waals surface area contributed by atoms with Crippen LogP contribution in [-0.4, -0.2) is 11.3 Å². The Bertz CT molecular complexity index is 229. The molecule has 0 aliphatic carbocycles. The number of carbonyl (C=O) groups is 1. The quantitative estimate of drug-likeness (QED) is 0.556. The molecule has 3 heteroatoms. The van der Waals surface area contributed by atoms with Gasteiger partial charge in [0.25, 0.3) is 0 Å². The predicted octanol–water partition coefficient (Wildman–Crippen LogP) is 1.57. The summed E-state index contributed by atoms with van der Waals surface area (Å²) < 4.78 is 0. The van der Waals surface area contributed by atoms with Gasteiger partial charge < -0.3 is 0 Å². The van der Waals surface area contributed by atoms with Crippen LogP contribution in [-0.2, 0) is 0 Å². The Balaban J connectivity index is 3.15. The molecule has 0 bridgehead atoms. The molecular formula is C6H7NOS. The first kappa shape index (κ1) is 6.42. The van der Waals surface area contributed by atoms with Gasteiger partial charge in [0.15, 0.2) is 6.29 Å². The van der Waals surface area contributed by atoms with Crippen LogP contribution in [0.15, 0.2) is 0 Å². The van der Waals surface area contributed by atoms with E-state index in [0.29, 0.717) is 5.69 Å². The number of aromatic nitrogens is 1. The summed E-state index contributed by atoms with van der Waals surface area (Å²) in [6.07, 6.45) is 0.791. The Morgan fingerprint density at radius 1 is 1.56 bits per heavy atom. The van der Waals surface area contributed by atoms with Crippen LogP contribution in [0.1, 0.15) is 20.4 Å². The van der Waals surface area contributed by atoms with E-state index in [1.165, 1.54) is 0 Å². The van der Waals surface area contributed by atoms with Crippen molar-refractivity contribution in [1.82, 2.24) is 4.98 Å². The molecule has 0 radical (unpaired) electrons. The molecule has 0 atom stereocenters. The molecule has 2 nitrogen and oxygen atoms in total. The van der Waals surface area contributed by atoms with Crippen molar-refractivity contribution in [2.45, 2.75) is 13.8 Å². The standard InChI is InChI=1S/C6H7NOS/c1-4-6(3-8)7-5(2)9-4/h3H,1-2H3. The van der Waals surface area contributed by atoms with Gasteiger partial charge in [0, 0.05) is 4.88 Å². The number of carbonyl (C=O) groups excluding carboxylic acids is 1. The highest BCUT2D eigenvalue weighted by Gasteiger charge is 2.00. The van der Waals surface area contributed by atoms with Gasteiger partial charge in [0.2, 0.25) is 0 Å². The first-order valence-electron chi connectivity index (χ1n) is 2.63. The molecule has 1 aromatic heterocycles. The van der Waals surface area contributed by atoms with Crippen LogP contribution < -0.4 is 0 Å². The summed E-state index contributed by atoms with van der Waals surface area (Å²) in [4.78, 5) is 15.2. The van der Waals surface area contributed by atoms with E-state index in [1.807, 2.05) is 13.8 Å². The first-order valence-corrected chi connectivity index (χ1v) is 3.45. The lowest BCUT2D eigenvalue weighted by molar-refractivity contribution is 0.111. The second kappa shape index (κ2) is 2.27. The van der Waals surface area contributed by atoms with Gasteiger partial charge >= 0.3 is 0 Å². The number of rotatable bonds is 1. The van der Waals surface area contributed by atoms with E-state index in [4.69, 9.17) is 0 Å². The highest BCUT2D eigenvalue weighted by Crippen LogP contribution is 2.13. The van der Waals surface area contributed by atoms with E-state index in [-0.39, 0.29) is 0 Å². The highest BCUT2D eigenvalue weighted by molar-refractivity contribution is 7.11. The van der Waals surface area contributed by atoms with Crippen molar-refractivity contribution >= 4 is 17.6 Å². The largest absolute Gasteiger partial charge is 0.296 e. The van der Waals surface area contributed by atoms with Gasteiger partial charge in [-0.2, -0.15) is 0 Å². The Kier molecular flexibility index (Phi) is 1.62. The number of hydrogen-bond donors (Lipinski definition) is 0. The molecule has 0 aliphatic rings. The Labute approximate surface area is 57.5 Å². The molecule has 0 aliphatic heterocycles. The zero-order valence-electron chi connectivity index (χ0n) is 5.34. The second-order valence-electron chi connectivity index (χ2n) is 1.79. The minimum absolute atomic E-state index is 0.581. The van der Waals surface area contributed by atoms with E-state index in [2.05, 4.69) is 4.98 Å². The molecule has 1 rings (SSSR count). The molecule has 48 valence electrons. The Morgan fingerprint density at radius 3 is 2.44 bits per heavy atom. The average Bonchev–Trinajstić information content (AvgIpc) is 2.10. The third-order valence-electron chi connectivity index (χ3n) is 1.05. The fourth-order valence-electron chi connectivity index (χ4n) is 0.654. The monoisotopic (exact) mass is 141 g/mol. The lowest BCUT2D eigenvalue weighted by Crippen LogP contribution is -1.80. The molecular weight excluding hydrogens is 134 g/mol. The van der Waals surface area contributed by atoms with Gasteiger partial charge in [-0.3, -0.25) is 4.79 Å². The lowest BCUT2D eigenvalue weighted by atomic mass is 10.4. The van der Waals surface area contributed by atoms with Gasteiger partial charge in [-0.15, -0.1) is 11.3 Å². The van der Waals surface area contributed by atoms with E-state index < -0.39 is 0 Å². The molecule has 0 spiro atoms. The number of hydrogen-bond acceptors (Lipinski definition) is 3. The van der Waals surface area contributed by atoms with Crippen LogP contribution >= 0.6 is 11.3 Å². The van der Waals surface area contributed by atoms with E-state index in [9.17, 15) is 4.79 Å². The topological polar surface area (TPSA) is 30.0 Å². The molecule has 1 heterocycles. The fraction of sp³-hybridized carbons (Fsp3) is 0.333. The zero-order valence-corrected chi connectivity index (χ0v) is 6.16. The number of aldehydes is 1. The van der Waals surface area contributed by atoms with Crippen LogP contribution in [0, 0.1) is 13.8 Å². The average molecular weight is 141 g/mol. The van der Waals surface area contributed by atoms with Crippen LogP contribution in [0.2, 0.25) is 0 Å². The van der Waals surface area contributed by atoms with Gasteiger partial charge in [0.1, 0.15) is 5.69 Å². The summed E-state index contributed by atoms with van der Waals surface area (Å²) in [5.41, 5.74) is 0.581. The maximum Gasteiger partial charge on any atom is 0.169 e. The summed E-state index contributed by atoms with van der Waals surface area (Å²) in [6.45, 7) is 3.79. The number of nitrogens with zero attached hydrogens (tertiary/aromatic N) is 1. The van der Waals surface area contributed by atoms with Gasteiger partial charge in [-0.25, -0.2) is 4.98 Å². The van der Waals surface area contributed by atoms with Gasteiger partial charge in [-0.1, -0.05) is 0 Å². The minimum Gasteiger partial charge on any atom is -0.296 e. The summed E-state index contributed by atoms with van der Waals surface area (Å²) in [5.74, 6) is 0. The molecule has 0 unspecified atom stereocenters. The Hall–Kier alpha value is -0.700. The zero-order chi connectivity index (χ0) is 6.85. The van der Waals surface area contributed by atoms with Crippen molar-refractivity contribution in [3.05, 3.63) is 15.6 Å². The highest BCUT2D eigenvalue weighted by atomic mass is 32.1. The molecule has 0 fully saturated rings. The maximum absolute atomic E-state index is 10.2. The summed E-state index contributed by atoms with van der Waals surface area (Å²) in [6, 6.07) is 0. The van der Waals surface area contributed by atoms with E-state index in [1.54, 1.807) is 11.3 Å². The van der Waals surface area contributed by atoms with Crippen molar-refractivity contribution in [1.29, 1.82) is 0 Å². The molecule has 0 amide bonds. The molecule has 0 saturated carbocycles. The second-order valence-corrected chi connectivity index (χ2v) is 3.20. The van der Waals surface area contributed by atoms with Crippen molar-refractivity contribution < 1.29 is 4.79 Å². The fourth-order valence-corrected chi connectivity index (χ4v) is 1.44. The first-order chi connectivity index (χ1) is 4.24. The van der Waals surface area contributed by atoms with E-state index in [0.717, 1.165) is 16.2 Å². The maximum atomic E-state index is 10.2. The minimum atomic E-state index is 0.581. The van der Waals surface area contributed by atoms with E-state index >= 15 is 0 Å². The molecule has 1 aromatic rings. The summed E-state index contributed by atoms with van der Waals surface area (Å²) in [7, 11) is 0. The molecule has 0 saturated heterocycles. The normalized spacial score (nSPS) is 9.56. The van der Waals surface area contributed by atoms with Crippen LogP contribution in [0.5, 0.6) is 0 Å². The smallest absolute Gasteiger partial charge is 0.169 e. The van der Waals surface area contributed by atoms with Crippen molar-refractivity contribution in [3.63, 3.8) is 0 Å². The van der Waals surface area contributed by atoms with Gasteiger partial charge in [0.05, 0.1) is 5.01 Å². The summed E-state index contributed by atoms with van der Waals surface area (Å²) in [5, 5.41) is 0.953. The Morgan fingerprint density at radius 2 is 2.22 bits per heavy atom. The van der Waals surface area contributed by atoms with Crippen molar-refractivity contribution in [3.8, 4) is 0 Å². The summed E-state index contributed by atoms with van der Waals surface area (Å²) >= 11 is 1.55. The van der Waals surface area contributed by atoms with Crippen LogP contribution in [0.4, 0.5) is 0 Å². The lowest BCUT2D eigenvalue weighted by Gasteiger charge is -1.77. The van der Waals surface area contributed by atoms with Crippen molar-refractivity contribution in [2.24, 2.45) is 0 Å². The molecule has 0 N–H and O–H groups in total. The van der Waals surface area contributed by atoms with Gasteiger partial charge in [-0.05, 0) is 13.8 Å². The number of thiazole rings is 1. The molecule has 0 aromatic carbocycles. The number of aryl methyl sites for hydroxylation is 2. The predicted molar refractivity (Wildman–Crippen MR) is 37.0 cm³/mol. The third kappa shape index (κ3) is 1.16. The molecule has 9 heavy (non-hydrogen) atoms. The van der Waals surface area contributed by atoms with Crippen LogP contribution in [0.25, 0.3) is 0 Å².